The molecule has 0 unspecified atom stereocenters. The summed E-state index contributed by atoms with van der Waals surface area (Å²) in [7, 11) is -3.66. The zero-order valence-corrected chi connectivity index (χ0v) is 20.2. The number of benzene rings is 2. The number of ether oxygens (including phenoxy) is 2. The quantitative estimate of drug-likeness (QED) is 0.315. The van der Waals surface area contributed by atoms with Gasteiger partial charge in [-0.25, -0.2) is 13.2 Å². The molecule has 192 valence electrons. The first-order chi connectivity index (χ1) is 17.3. The van der Waals surface area contributed by atoms with E-state index in [4.69, 9.17) is 9.47 Å². The van der Waals surface area contributed by atoms with Crippen LogP contribution in [0.5, 0.6) is 0 Å². The lowest BCUT2D eigenvalue weighted by Crippen LogP contribution is -2.40. The van der Waals surface area contributed by atoms with Crippen LogP contribution < -0.4 is 10.2 Å². The zero-order valence-electron chi connectivity index (χ0n) is 19.4. The Morgan fingerprint density at radius 2 is 1.69 bits per heavy atom. The highest BCUT2D eigenvalue weighted by Crippen LogP contribution is 2.31. The molecule has 2 aliphatic rings. The Bertz CT molecular complexity index is 1240. The number of sulfonamides is 1. The number of carbonyl (C=O) groups excluding carboxylic acids is 2. The van der Waals surface area contributed by atoms with Gasteiger partial charge in [0, 0.05) is 37.9 Å². The number of morpholine rings is 1. The summed E-state index contributed by atoms with van der Waals surface area (Å²) in [5, 5.41) is 14.0. The lowest BCUT2D eigenvalue weighted by Gasteiger charge is -2.26. The van der Waals surface area contributed by atoms with Gasteiger partial charge in [-0.15, -0.1) is 0 Å². The number of nitrogens with one attached hydrogen (secondary N) is 1. The number of rotatable bonds is 8. The third-order valence-electron chi connectivity index (χ3n) is 5.93. The zero-order chi connectivity index (χ0) is 25.7. The van der Waals surface area contributed by atoms with Crippen LogP contribution >= 0.6 is 0 Å². The minimum atomic E-state index is -3.66. The van der Waals surface area contributed by atoms with E-state index in [1.54, 1.807) is 0 Å². The molecular weight excluding hydrogens is 492 g/mol. The summed E-state index contributed by atoms with van der Waals surface area (Å²) >= 11 is 0. The maximum atomic E-state index is 12.7. The first kappa shape index (κ1) is 25.5. The van der Waals surface area contributed by atoms with Crippen LogP contribution in [0.15, 0.2) is 47.4 Å². The van der Waals surface area contributed by atoms with E-state index in [1.807, 2.05) is 4.90 Å². The molecule has 12 nitrogen and oxygen atoms in total. The smallest absolute Gasteiger partial charge is 0.338 e. The molecule has 2 aromatic carbocycles. The van der Waals surface area contributed by atoms with Gasteiger partial charge in [0.15, 0.2) is 6.61 Å². The van der Waals surface area contributed by atoms with E-state index in [-0.39, 0.29) is 29.2 Å². The van der Waals surface area contributed by atoms with E-state index in [1.165, 1.54) is 40.7 Å². The molecule has 0 aliphatic carbocycles. The van der Waals surface area contributed by atoms with Crippen LogP contribution in [0.1, 0.15) is 23.2 Å². The van der Waals surface area contributed by atoms with E-state index >= 15 is 0 Å². The topological polar surface area (TPSA) is 148 Å². The van der Waals surface area contributed by atoms with Gasteiger partial charge in [-0.2, -0.15) is 4.31 Å². The van der Waals surface area contributed by atoms with Crippen LogP contribution in [0, 0.1) is 10.1 Å². The highest BCUT2D eigenvalue weighted by Gasteiger charge is 2.27. The number of hydrogen-bond donors (Lipinski definition) is 1. The number of amides is 1. The summed E-state index contributed by atoms with van der Waals surface area (Å²) in [5.74, 6) is -1.51. The molecule has 2 aliphatic heterocycles. The third-order valence-corrected chi connectivity index (χ3v) is 7.85. The maximum Gasteiger partial charge on any atom is 0.338 e. The summed E-state index contributed by atoms with van der Waals surface area (Å²) in [6.45, 7) is 2.03. The summed E-state index contributed by atoms with van der Waals surface area (Å²) in [5.41, 5.74) is 0.548. The van der Waals surface area contributed by atoms with Crippen molar-refractivity contribution in [2.45, 2.75) is 17.7 Å². The Morgan fingerprint density at radius 3 is 2.33 bits per heavy atom. The molecule has 2 aromatic rings. The molecule has 13 heteroatoms. The van der Waals surface area contributed by atoms with Crippen molar-refractivity contribution in [2.24, 2.45) is 0 Å². The lowest BCUT2D eigenvalue weighted by atomic mass is 10.1. The van der Waals surface area contributed by atoms with E-state index in [9.17, 15) is 28.1 Å². The van der Waals surface area contributed by atoms with Crippen molar-refractivity contribution < 1.29 is 32.4 Å². The van der Waals surface area contributed by atoms with E-state index in [2.05, 4.69) is 5.32 Å². The van der Waals surface area contributed by atoms with E-state index in [0.717, 1.165) is 18.9 Å². The van der Waals surface area contributed by atoms with Crippen molar-refractivity contribution in [3.63, 3.8) is 0 Å². The van der Waals surface area contributed by atoms with Gasteiger partial charge in [0.1, 0.15) is 5.69 Å². The summed E-state index contributed by atoms with van der Waals surface area (Å²) in [4.78, 5) is 37.6. The average Bonchev–Trinajstić information content (AvgIpc) is 3.43. The van der Waals surface area contributed by atoms with Gasteiger partial charge in [-0.3, -0.25) is 14.9 Å². The molecule has 2 saturated heterocycles. The van der Waals surface area contributed by atoms with Gasteiger partial charge in [0.05, 0.1) is 28.6 Å². The van der Waals surface area contributed by atoms with Crippen LogP contribution in [-0.2, 0) is 24.3 Å². The second-order valence-corrected chi connectivity index (χ2v) is 10.3. The van der Waals surface area contributed by atoms with E-state index in [0.29, 0.717) is 37.7 Å². The van der Waals surface area contributed by atoms with Crippen LogP contribution in [0.4, 0.5) is 17.1 Å². The van der Waals surface area contributed by atoms with Crippen LogP contribution in [0.3, 0.4) is 0 Å². The van der Waals surface area contributed by atoms with Gasteiger partial charge in [0.2, 0.25) is 10.0 Å². The Balaban J connectivity index is 1.33. The number of esters is 1. The fourth-order valence-corrected chi connectivity index (χ4v) is 5.49. The third kappa shape index (κ3) is 5.80. The lowest BCUT2D eigenvalue weighted by molar-refractivity contribution is -0.384. The predicted octanol–water partition coefficient (Wildman–Crippen LogP) is 2.01. The minimum absolute atomic E-state index is 0.0323. The van der Waals surface area contributed by atoms with Crippen molar-refractivity contribution in [2.75, 3.05) is 56.2 Å². The predicted molar refractivity (Wildman–Crippen MR) is 129 cm³/mol. The molecular formula is C23H26N4O8S. The molecule has 0 radical (unpaired) electrons. The van der Waals surface area contributed by atoms with Gasteiger partial charge in [-0.1, -0.05) is 0 Å². The van der Waals surface area contributed by atoms with Crippen LogP contribution in [0.2, 0.25) is 0 Å². The highest BCUT2D eigenvalue weighted by atomic mass is 32.2. The minimum Gasteiger partial charge on any atom is -0.452 e. The monoisotopic (exact) mass is 518 g/mol. The number of nitrogens with zero attached hydrogens (tertiary/aromatic N) is 3. The molecule has 36 heavy (non-hydrogen) atoms. The number of hydrogen-bond acceptors (Lipinski definition) is 9. The van der Waals surface area contributed by atoms with E-state index < -0.39 is 33.4 Å². The normalized spacial score (nSPS) is 16.5. The first-order valence-corrected chi connectivity index (χ1v) is 12.9. The van der Waals surface area contributed by atoms with Crippen molar-refractivity contribution in [1.82, 2.24) is 4.31 Å². The SMILES string of the molecule is O=C(COC(=O)c1ccc(N2CCCC2)c([N+](=O)[O-])c1)Nc1ccc(S(=O)(=O)N2CCOCC2)cc1. The molecule has 2 heterocycles. The number of nitro benzene ring substituents is 1. The molecule has 0 saturated carbocycles. The maximum absolute atomic E-state index is 12.7. The van der Waals surface area contributed by atoms with Crippen LogP contribution in [0.25, 0.3) is 0 Å². The Hall–Kier alpha value is -3.55. The van der Waals surface area contributed by atoms with Crippen molar-refractivity contribution in [1.29, 1.82) is 0 Å². The fraction of sp³-hybridized carbons (Fsp3) is 0.391. The first-order valence-electron chi connectivity index (χ1n) is 11.4. The van der Waals surface area contributed by atoms with Gasteiger partial charge in [0.25, 0.3) is 11.6 Å². The van der Waals surface area contributed by atoms with Crippen molar-refractivity contribution >= 4 is 39.0 Å². The highest BCUT2D eigenvalue weighted by molar-refractivity contribution is 7.89. The molecule has 0 spiro atoms. The summed E-state index contributed by atoms with van der Waals surface area (Å²) in [6.07, 6.45) is 1.89. The molecule has 0 bridgehead atoms. The second kappa shape index (κ2) is 11.0. The fourth-order valence-electron chi connectivity index (χ4n) is 4.08. The van der Waals surface area contributed by atoms with Gasteiger partial charge in [-0.05, 0) is 49.2 Å². The average molecular weight is 519 g/mol. The van der Waals surface area contributed by atoms with Crippen LogP contribution in [-0.4, -0.2) is 75.5 Å². The Morgan fingerprint density at radius 1 is 1.03 bits per heavy atom. The summed E-state index contributed by atoms with van der Waals surface area (Å²) < 4.78 is 36.9. The number of nitro groups is 1. The molecule has 2 fully saturated rings. The molecule has 0 aromatic heterocycles. The largest absolute Gasteiger partial charge is 0.452 e. The molecule has 0 atom stereocenters. The van der Waals surface area contributed by atoms with Crippen molar-refractivity contribution in [3.8, 4) is 0 Å². The van der Waals surface area contributed by atoms with Gasteiger partial charge < -0.3 is 19.7 Å². The number of carbonyl (C=O) groups is 2. The molecule has 1 amide bonds. The Labute approximate surface area is 208 Å². The summed E-state index contributed by atoms with van der Waals surface area (Å²) in [6, 6.07) is 9.75. The standard InChI is InChI=1S/C23H26N4O8S/c28-22(24-18-4-6-19(7-5-18)36(32,33)26-11-13-34-14-12-26)16-35-23(29)17-3-8-20(21(15-17)27(30)31)25-9-1-2-10-25/h3-8,15H,1-2,9-14,16H2,(H,24,28). The second-order valence-electron chi connectivity index (χ2n) is 8.32. The molecule has 4 rings (SSSR count). The number of anilines is 2. The Kier molecular flexibility index (Phi) is 7.82. The van der Waals surface area contributed by atoms with Gasteiger partial charge >= 0.3 is 5.97 Å². The van der Waals surface area contributed by atoms with Crippen molar-refractivity contribution in [3.05, 3.63) is 58.1 Å². The molecule has 1 N–H and O–H groups in total.